The van der Waals surface area contributed by atoms with Crippen molar-refractivity contribution in [1.82, 2.24) is 9.97 Å². The summed E-state index contributed by atoms with van der Waals surface area (Å²) in [5.41, 5.74) is 0.830. The van der Waals surface area contributed by atoms with Crippen molar-refractivity contribution in [2.24, 2.45) is 0 Å². The number of aromatic nitrogens is 2. The van der Waals surface area contributed by atoms with Gasteiger partial charge in [0.1, 0.15) is 0 Å². The zero-order chi connectivity index (χ0) is 12.1. The molecule has 1 saturated carbocycles. The Labute approximate surface area is 102 Å². The van der Waals surface area contributed by atoms with Crippen LogP contribution in [0.5, 0.6) is 0 Å². The highest BCUT2D eigenvalue weighted by Crippen LogP contribution is 2.19. The highest BCUT2D eigenvalue weighted by molar-refractivity contribution is 5.27. The molecule has 0 amide bonds. The second kappa shape index (κ2) is 5.84. The molecule has 94 valence electrons. The van der Waals surface area contributed by atoms with Crippen LogP contribution in [0, 0.1) is 0 Å². The lowest BCUT2D eigenvalue weighted by atomic mass is 9.96. The summed E-state index contributed by atoms with van der Waals surface area (Å²) in [5, 5.41) is 3.35. The van der Waals surface area contributed by atoms with Gasteiger partial charge >= 0.3 is 0 Å². The molecule has 0 radical (unpaired) electrons. The van der Waals surface area contributed by atoms with Gasteiger partial charge in [-0.05, 0) is 19.3 Å². The minimum Gasteiger partial charge on any atom is -0.353 e. The van der Waals surface area contributed by atoms with Gasteiger partial charge < -0.3 is 5.32 Å². The van der Waals surface area contributed by atoms with E-state index < -0.39 is 0 Å². The first-order valence-electron chi connectivity index (χ1n) is 6.64. The third kappa shape index (κ3) is 3.58. The molecule has 0 atom stereocenters. The molecule has 0 bridgehead atoms. The second-order valence-corrected chi connectivity index (χ2v) is 4.81. The van der Waals surface area contributed by atoms with Crippen molar-refractivity contribution in [2.45, 2.75) is 57.9 Å². The van der Waals surface area contributed by atoms with E-state index in [9.17, 15) is 4.79 Å². The first-order valence-corrected chi connectivity index (χ1v) is 6.64. The first-order chi connectivity index (χ1) is 8.28. The van der Waals surface area contributed by atoms with E-state index in [4.69, 9.17) is 0 Å². The maximum absolute atomic E-state index is 11.5. The monoisotopic (exact) mass is 235 g/mol. The van der Waals surface area contributed by atoms with Gasteiger partial charge in [0, 0.05) is 17.8 Å². The number of hydrogen-bond donors (Lipinski definition) is 2. The van der Waals surface area contributed by atoms with E-state index in [1.54, 1.807) is 6.07 Å². The number of nitrogens with one attached hydrogen (secondary N) is 2. The van der Waals surface area contributed by atoms with Gasteiger partial charge in [0.05, 0.1) is 0 Å². The Kier molecular flexibility index (Phi) is 4.18. The SMILES string of the molecule is CCCc1cc(=O)[nH]c(NC2CCCCC2)n1. The summed E-state index contributed by atoms with van der Waals surface area (Å²) in [7, 11) is 0. The topological polar surface area (TPSA) is 57.8 Å². The van der Waals surface area contributed by atoms with Crippen molar-refractivity contribution in [2.75, 3.05) is 5.32 Å². The summed E-state index contributed by atoms with van der Waals surface area (Å²) >= 11 is 0. The maximum atomic E-state index is 11.5. The summed E-state index contributed by atoms with van der Waals surface area (Å²) in [6.07, 6.45) is 8.12. The number of anilines is 1. The molecule has 0 aliphatic heterocycles. The predicted octanol–water partition coefficient (Wildman–Crippen LogP) is 2.47. The smallest absolute Gasteiger partial charge is 0.252 e. The molecule has 0 saturated heterocycles. The summed E-state index contributed by atoms with van der Waals surface area (Å²) in [5.74, 6) is 0.646. The standard InChI is InChI=1S/C13H21N3O/c1-2-6-11-9-12(17)16-13(15-11)14-10-7-4-3-5-8-10/h9-10H,2-8H2,1H3,(H2,14,15,16,17). The van der Waals surface area contributed by atoms with Crippen LogP contribution >= 0.6 is 0 Å². The van der Waals surface area contributed by atoms with Crippen molar-refractivity contribution in [3.63, 3.8) is 0 Å². The third-order valence-electron chi connectivity index (χ3n) is 3.25. The number of aryl methyl sites for hydroxylation is 1. The normalized spacial score (nSPS) is 17.0. The van der Waals surface area contributed by atoms with Crippen LogP contribution in [0.1, 0.15) is 51.1 Å². The van der Waals surface area contributed by atoms with Gasteiger partial charge in [0.15, 0.2) is 0 Å². The fourth-order valence-corrected chi connectivity index (χ4v) is 2.40. The lowest BCUT2D eigenvalue weighted by Gasteiger charge is -2.23. The van der Waals surface area contributed by atoms with Crippen LogP contribution in [-0.4, -0.2) is 16.0 Å². The van der Waals surface area contributed by atoms with Crippen molar-refractivity contribution in [3.05, 3.63) is 22.1 Å². The van der Waals surface area contributed by atoms with Crippen molar-refractivity contribution in [3.8, 4) is 0 Å². The molecule has 1 aromatic rings. The minimum absolute atomic E-state index is 0.0539. The van der Waals surface area contributed by atoms with E-state index in [1.165, 1.54) is 32.1 Å². The number of H-pyrrole nitrogens is 1. The molecule has 1 heterocycles. The molecule has 2 N–H and O–H groups in total. The quantitative estimate of drug-likeness (QED) is 0.843. The number of hydrogen-bond acceptors (Lipinski definition) is 3. The Morgan fingerprint density at radius 3 is 2.88 bits per heavy atom. The zero-order valence-electron chi connectivity index (χ0n) is 10.5. The van der Waals surface area contributed by atoms with E-state index in [1.807, 2.05) is 0 Å². The van der Waals surface area contributed by atoms with Crippen LogP contribution in [0.2, 0.25) is 0 Å². The lowest BCUT2D eigenvalue weighted by Crippen LogP contribution is -2.25. The van der Waals surface area contributed by atoms with Gasteiger partial charge in [-0.2, -0.15) is 0 Å². The third-order valence-corrected chi connectivity index (χ3v) is 3.25. The minimum atomic E-state index is -0.0539. The van der Waals surface area contributed by atoms with Crippen LogP contribution < -0.4 is 10.9 Å². The summed E-state index contributed by atoms with van der Waals surface area (Å²) < 4.78 is 0. The summed E-state index contributed by atoms with van der Waals surface area (Å²) in [4.78, 5) is 18.7. The zero-order valence-corrected chi connectivity index (χ0v) is 10.5. The van der Waals surface area contributed by atoms with Gasteiger partial charge in [-0.25, -0.2) is 4.98 Å². The maximum Gasteiger partial charge on any atom is 0.252 e. The molecule has 0 unspecified atom stereocenters. The van der Waals surface area contributed by atoms with Crippen LogP contribution in [0.15, 0.2) is 10.9 Å². The molecule has 4 nitrogen and oxygen atoms in total. The average Bonchev–Trinajstić information content (AvgIpc) is 2.30. The van der Waals surface area contributed by atoms with Crippen LogP contribution in [0.3, 0.4) is 0 Å². The summed E-state index contributed by atoms with van der Waals surface area (Å²) in [6, 6.07) is 2.07. The predicted molar refractivity (Wildman–Crippen MR) is 69.3 cm³/mol. The Morgan fingerprint density at radius 2 is 2.18 bits per heavy atom. The first kappa shape index (κ1) is 12.1. The molecular weight excluding hydrogens is 214 g/mol. The van der Waals surface area contributed by atoms with E-state index in [0.717, 1.165) is 18.5 Å². The van der Waals surface area contributed by atoms with Gasteiger partial charge in [-0.3, -0.25) is 9.78 Å². The van der Waals surface area contributed by atoms with Gasteiger partial charge in [-0.15, -0.1) is 0 Å². The van der Waals surface area contributed by atoms with Crippen LogP contribution in [-0.2, 0) is 6.42 Å². The van der Waals surface area contributed by atoms with Gasteiger partial charge in [0.25, 0.3) is 5.56 Å². The number of nitrogens with zero attached hydrogens (tertiary/aromatic N) is 1. The van der Waals surface area contributed by atoms with E-state index >= 15 is 0 Å². The molecule has 1 fully saturated rings. The highest BCUT2D eigenvalue weighted by Gasteiger charge is 2.14. The van der Waals surface area contributed by atoms with Crippen LogP contribution in [0.4, 0.5) is 5.95 Å². The molecule has 4 heteroatoms. The van der Waals surface area contributed by atoms with E-state index in [-0.39, 0.29) is 5.56 Å². The Hall–Kier alpha value is -1.32. The van der Waals surface area contributed by atoms with Crippen molar-refractivity contribution < 1.29 is 0 Å². The highest BCUT2D eigenvalue weighted by atomic mass is 16.1. The molecule has 17 heavy (non-hydrogen) atoms. The number of rotatable bonds is 4. The molecular formula is C13H21N3O. The van der Waals surface area contributed by atoms with Gasteiger partial charge in [-0.1, -0.05) is 32.6 Å². The van der Waals surface area contributed by atoms with Gasteiger partial charge in [0.2, 0.25) is 5.95 Å². The van der Waals surface area contributed by atoms with E-state index in [0.29, 0.717) is 12.0 Å². The van der Waals surface area contributed by atoms with E-state index in [2.05, 4.69) is 22.2 Å². The molecule has 1 aromatic heterocycles. The Balaban J connectivity index is 2.06. The molecule has 1 aliphatic rings. The fraction of sp³-hybridized carbons (Fsp3) is 0.692. The molecule has 2 rings (SSSR count). The average molecular weight is 235 g/mol. The van der Waals surface area contributed by atoms with Crippen LogP contribution in [0.25, 0.3) is 0 Å². The molecule has 0 aromatic carbocycles. The number of aromatic amines is 1. The molecule has 0 spiro atoms. The van der Waals surface area contributed by atoms with Crippen molar-refractivity contribution in [1.29, 1.82) is 0 Å². The largest absolute Gasteiger partial charge is 0.353 e. The Bertz CT molecular complexity index is 407. The lowest BCUT2D eigenvalue weighted by molar-refractivity contribution is 0.460. The Morgan fingerprint density at radius 1 is 1.41 bits per heavy atom. The molecule has 1 aliphatic carbocycles. The van der Waals surface area contributed by atoms with Crippen molar-refractivity contribution >= 4 is 5.95 Å². The fourth-order valence-electron chi connectivity index (χ4n) is 2.40. The summed E-state index contributed by atoms with van der Waals surface area (Å²) in [6.45, 7) is 2.09. The second-order valence-electron chi connectivity index (χ2n) is 4.81.